The van der Waals surface area contributed by atoms with Crippen molar-refractivity contribution in [2.24, 2.45) is 0 Å². The molecule has 2 fully saturated rings. The molecule has 0 bridgehead atoms. The molecule has 2 amide bonds. The van der Waals surface area contributed by atoms with Gasteiger partial charge < -0.3 is 10.2 Å². The number of piperazine rings is 2. The molecule has 1 aromatic carbocycles. The number of sulfonamides is 1. The Labute approximate surface area is 174 Å². The number of nitrogens with one attached hydrogen (secondary N) is 1. The van der Waals surface area contributed by atoms with Crippen LogP contribution in [-0.2, 0) is 19.6 Å². The molecule has 2 saturated heterocycles. The monoisotopic (exact) mass is 446 g/mol. The van der Waals surface area contributed by atoms with Gasteiger partial charge in [-0.3, -0.25) is 14.5 Å². The van der Waals surface area contributed by atoms with Crippen molar-refractivity contribution in [2.45, 2.75) is 24.3 Å². The molecule has 0 radical (unpaired) electrons. The van der Waals surface area contributed by atoms with E-state index >= 15 is 0 Å². The van der Waals surface area contributed by atoms with E-state index in [2.05, 4.69) is 5.32 Å². The third kappa shape index (κ3) is 4.40. The van der Waals surface area contributed by atoms with Crippen LogP contribution in [0.15, 0.2) is 23.1 Å². The van der Waals surface area contributed by atoms with Crippen LogP contribution in [0.3, 0.4) is 0 Å². The predicted molar refractivity (Wildman–Crippen MR) is 105 cm³/mol. The van der Waals surface area contributed by atoms with Gasteiger partial charge in [-0.1, -0.05) is 11.6 Å². The Balaban J connectivity index is 1.62. The largest absolute Gasteiger partial charge is 0.353 e. The maximum atomic E-state index is 13.3. The number of rotatable bonds is 4. The highest BCUT2D eigenvalue weighted by Gasteiger charge is 2.39. The minimum Gasteiger partial charge on any atom is -0.353 e. The molecule has 0 aromatic heterocycles. The van der Waals surface area contributed by atoms with Gasteiger partial charge in [0.05, 0.1) is 22.0 Å². The van der Waals surface area contributed by atoms with Crippen molar-refractivity contribution in [2.75, 3.05) is 45.8 Å². The molecule has 160 valence electrons. The molecule has 3 rings (SSSR count). The minimum atomic E-state index is -3.82. The van der Waals surface area contributed by atoms with Crippen LogP contribution in [-0.4, -0.2) is 85.7 Å². The average Bonchev–Trinajstić information content (AvgIpc) is 2.68. The summed E-state index contributed by atoms with van der Waals surface area (Å²) in [5.74, 6) is -0.949. The number of benzene rings is 1. The molecule has 0 aliphatic carbocycles. The number of halogens is 2. The molecule has 29 heavy (non-hydrogen) atoms. The summed E-state index contributed by atoms with van der Waals surface area (Å²) in [6.07, 6.45) is 0. The van der Waals surface area contributed by atoms with E-state index in [1.165, 1.54) is 10.4 Å². The zero-order chi connectivity index (χ0) is 21.4. The van der Waals surface area contributed by atoms with E-state index in [1.54, 1.807) is 18.7 Å². The summed E-state index contributed by atoms with van der Waals surface area (Å²) in [6.45, 7) is 5.45. The summed E-state index contributed by atoms with van der Waals surface area (Å²) in [5, 5.41) is 2.53. The van der Waals surface area contributed by atoms with Gasteiger partial charge >= 0.3 is 0 Å². The summed E-state index contributed by atoms with van der Waals surface area (Å²) in [7, 11) is -3.82. The van der Waals surface area contributed by atoms with E-state index in [0.717, 1.165) is 12.1 Å². The van der Waals surface area contributed by atoms with Crippen LogP contribution in [0.5, 0.6) is 0 Å². The first-order valence-electron chi connectivity index (χ1n) is 9.30. The maximum Gasteiger partial charge on any atom is 0.243 e. The number of carbonyl (C=O) groups excluding carboxylic acids is 2. The second-order valence-electron chi connectivity index (χ2n) is 7.60. The number of hydrogen-bond acceptors (Lipinski definition) is 5. The van der Waals surface area contributed by atoms with E-state index in [1.807, 2.05) is 4.90 Å². The summed E-state index contributed by atoms with van der Waals surface area (Å²) in [4.78, 5) is 28.1. The Bertz CT molecular complexity index is 916. The predicted octanol–water partition coefficient (Wildman–Crippen LogP) is 0.522. The molecule has 1 N–H and O–H groups in total. The Kier molecular flexibility index (Phi) is 6.19. The lowest BCUT2D eigenvalue weighted by atomic mass is 9.99. The van der Waals surface area contributed by atoms with Crippen molar-refractivity contribution in [1.29, 1.82) is 0 Å². The van der Waals surface area contributed by atoms with Crippen molar-refractivity contribution in [1.82, 2.24) is 19.4 Å². The van der Waals surface area contributed by atoms with Gasteiger partial charge in [-0.05, 0) is 32.0 Å². The van der Waals surface area contributed by atoms with Gasteiger partial charge in [0.25, 0.3) is 0 Å². The zero-order valence-corrected chi connectivity index (χ0v) is 17.9. The highest BCUT2D eigenvalue weighted by atomic mass is 35.5. The topological polar surface area (TPSA) is 90.0 Å². The fourth-order valence-electron chi connectivity index (χ4n) is 3.45. The molecule has 11 heteroatoms. The molecule has 1 aromatic rings. The first-order valence-corrected chi connectivity index (χ1v) is 11.1. The maximum absolute atomic E-state index is 13.3. The van der Waals surface area contributed by atoms with Crippen molar-refractivity contribution < 1.29 is 22.4 Å². The fourth-order valence-corrected chi connectivity index (χ4v) is 5.14. The first-order chi connectivity index (χ1) is 13.5. The number of carbonyl (C=O) groups is 2. The molecule has 2 heterocycles. The third-order valence-electron chi connectivity index (χ3n) is 5.46. The Hall–Kier alpha value is -1.75. The number of hydrogen-bond donors (Lipinski definition) is 1. The van der Waals surface area contributed by atoms with Gasteiger partial charge in [0.1, 0.15) is 5.82 Å². The number of nitrogens with zero attached hydrogens (tertiary/aromatic N) is 3. The average molecular weight is 447 g/mol. The van der Waals surface area contributed by atoms with Crippen molar-refractivity contribution in [3.8, 4) is 0 Å². The number of amides is 2. The SMILES string of the molecule is CC1(C)C(=O)NCCN1CC(=O)N1CCN(S(=O)(=O)c2ccc(F)c(Cl)c2)CC1. The van der Waals surface area contributed by atoms with Crippen LogP contribution in [0, 0.1) is 5.82 Å². The van der Waals surface area contributed by atoms with E-state index in [-0.39, 0.29) is 54.5 Å². The Morgan fingerprint density at radius 2 is 1.86 bits per heavy atom. The van der Waals surface area contributed by atoms with Gasteiger partial charge in [0, 0.05) is 39.3 Å². The zero-order valence-electron chi connectivity index (χ0n) is 16.3. The molecule has 0 atom stereocenters. The highest BCUT2D eigenvalue weighted by Crippen LogP contribution is 2.23. The molecule has 0 saturated carbocycles. The van der Waals surface area contributed by atoms with Gasteiger partial charge in [0.2, 0.25) is 21.8 Å². The van der Waals surface area contributed by atoms with Crippen LogP contribution in [0.25, 0.3) is 0 Å². The normalized spacial score (nSPS) is 21.1. The van der Waals surface area contributed by atoms with Crippen LogP contribution < -0.4 is 5.32 Å². The van der Waals surface area contributed by atoms with Crippen molar-refractivity contribution in [3.63, 3.8) is 0 Å². The molecule has 0 unspecified atom stereocenters. The highest BCUT2D eigenvalue weighted by molar-refractivity contribution is 7.89. The lowest BCUT2D eigenvalue weighted by Gasteiger charge is -2.42. The molecular weight excluding hydrogens is 423 g/mol. The summed E-state index contributed by atoms with van der Waals surface area (Å²) < 4.78 is 40.1. The lowest BCUT2D eigenvalue weighted by molar-refractivity contribution is -0.141. The van der Waals surface area contributed by atoms with Gasteiger partial charge in [-0.25, -0.2) is 12.8 Å². The molecular formula is C18H24ClFN4O4S. The van der Waals surface area contributed by atoms with Crippen LogP contribution in [0.1, 0.15) is 13.8 Å². The summed E-state index contributed by atoms with van der Waals surface area (Å²) in [6, 6.07) is 3.29. The summed E-state index contributed by atoms with van der Waals surface area (Å²) in [5.41, 5.74) is -0.777. The fraction of sp³-hybridized carbons (Fsp3) is 0.556. The van der Waals surface area contributed by atoms with Gasteiger partial charge in [-0.15, -0.1) is 0 Å². The molecule has 2 aliphatic heterocycles. The third-order valence-corrected chi connectivity index (χ3v) is 7.64. The van der Waals surface area contributed by atoms with E-state index in [4.69, 9.17) is 11.6 Å². The van der Waals surface area contributed by atoms with E-state index in [0.29, 0.717) is 13.1 Å². The van der Waals surface area contributed by atoms with Crippen molar-refractivity contribution >= 4 is 33.4 Å². The van der Waals surface area contributed by atoms with Crippen LogP contribution in [0.2, 0.25) is 5.02 Å². The standard InChI is InChI=1S/C18H24ClFN4O4S/c1-18(2)17(26)21-5-6-23(18)12-16(25)22-7-9-24(10-8-22)29(27,28)13-3-4-15(20)14(19)11-13/h3-4,11H,5-10,12H2,1-2H3,(H,21,26). The first kappa shape index (κ1) is 21.9. The Morgan fingerprint density at radius 1 is 1.21 bits per heavy atom. The second kappa shape index (κ2) is 8.17. The second-order valence-corrected chi connectivity index (χ2v) is 9.94. The molecule has 2 aliphatic rings. The minimum absolute atomic E-state index is 0.0789. The van der Waals surface area contributed by atoms with Gasteiger partial charge in [0.15, 0.2) is 0 Å². The molecule has 8 nitrogen and oxygen atoms in total. The van der Waals surface area contributed by atoms with Crippen LogP contribution in [0.4, 0.5) is 4.39 Å². The Morgan fingerprint density at radius 3 is 2.48 bits per heavy atom. The summed E-state index contributed by atoms with van der Waals surface area (Å²) >= 11 is 5.71. The van der Waals surface area contributed by atoms with Gasteiger partial charge in [-0.2, -0.15) is 4.31 Å². The van der Waals surface area contributed by atoms with Crippen molar-refractivity contribution in [3.05, 3.63) is 29.0 Å². The molecule has 0 spiro atoms. The lowest BCUT2D eigenvalue weighted by Crippen LogP contribution is -2.64. The quantitative estimate of drug-likeness (QED) is 0.728. The van der Waals surface area contributed by atoms with Crippen LogP contribution >= 0.6 is 11.6 Å². The smallest absolute Gasteiger partial charge is 0.243 e. The van der Waals surface area contributed by atoms with E-state index in [9.17, 15) is 22.4 Å². The van der Waals surface area contributed by atoms with E-state index < -0.39 is 21.4 Å².